The molecule has 1 N–H and O–H groups in total. The van der Waals surface area contributed by atoms with Crippen LogP contribution in [-0.4, -0.2) is 38.1 Å². The van der Waals surface area contributed by atoms with Crippen molar-refractivity contribution in [2.24, 2.45) is 0 Å². The number of hydrogen-bond donors (Lipinski definition) is 1. The molecule has 24 heavy (non-hydrogen) atoms. The molecule has 1 atom stereocenters. The van der Waals surface area contributed by atoms with Crippen LogP contribution in [-0.2, 0) is 30.3 Å². The summed E-state index contributed by atoms with van der Waals surface area (Å²) in [6.07, 6.45) is -0.174. The molecule has 2 aromatic rings. The largest absolute Gasteiger partial charge is 0.469 e. The van der Waals surface area contributed by atoms with Crippen molar-refractivity contribution in [3.8, 4) is 0 Å². The molecule has 0 aliphatic rings. The van der Waals surface area contributed by atoms with Gasteiger partial charge in [-0.25, -0.2) is 4.79 Å². The Morgan fingerprint density at radius 1 is 1.00 bits per heavy atom. The number of amides is 1. The fourth-order valence-electron chi connectivity index (χ4n) is 2.37. The van der Waals surface area contributed by atoms with Gasteiger partial charge < -0.3 is 14.8 Å². The van der Waals surface area contributed by atoms with Gasteiger partial charge >= 0.3 is 11.9 Å². The van der Waals surface area contributed by atoms with Gasteiger partial charge in [-0.15, -0.1) is 0 Å². The van der Waals surface area contributed by atoms with Gasteiger partial charge in [0.05, 0.1) is 27.1 Å². The number of carbonyl (C=O) groups excluding carboxylic acids is 3. The third-order valence-electron chi connectivity index (χ3n) is 3.60. The summed E-state index contributed by atoms with van der Waals surface area (Å²) in [4.78, 5) is 35.2. The molecule has 0 aliphatic heterocycles. The second-order valence-corrected chi connectivity index (χ2v) is 5.28. The first-order chi connectivity index (χ1) is 11.5. The van der Waals surface area contributed by atoms with Gasteiger partial charge in [-0.3, -0.25) is 9.59 Å². The van der Waals surface area contributed by atoms with Crippen molar-refractivity contribution in [2.75, 3.05) is 14.2 Å². The molecule has 0 spiro atoms. The predicted octanol–water partition coefficient (Wildman–Crippen LogP) is 1.60. The topological polar surface area (TPSA) is 81.7 Å². The van der Waals surface area contributed by atoms with Crippen LogP contribution in [0.5, 0.6) is 0 Å². The number of esters is 2. The second-order valence-electron chi connectivity index (χ2n) is 5.28. The van der Waals surface area contributed by atoms with Gasteiger partial charge in [-0.05, 0) is 16.3 Å². The molecule has 0 fully saturated rings. The summed E-state index contributed by atoms with van der Waals surface area (Å²) in [5.41, 5.74) is 0.813. The first kappa shape index (κ1) is 17.5. The number of hydrogen-bond acceptors (Lipinski definition) is 5. The molecule has 0 heterocycles. The van der Waals surface area contributed by atoms with E-state index in [-0.39, 0.29) is 18.7 Å². The number of carbonyl (C=O) groups is 3. The quantitative estimate of drug-likeness (QED) is 0.814. The highest BCUT2D eigenvalue weighted by molar-refractivity contribution is 5.89. The molecule has 0 bridgehead atoms. The number of nitrogens with one attached hydrogen (secondary N) is 1. The fraction of sp³-hybridized carbons (Fsp3) is 0.278. The van der Waals surface area contributed by atoms with Crippen molar-refractivity contribution in [1.29, 1.82) is 0 Å². The molecule has 0 aromatic heterocycles. The maximum atomic E-state index is 12.2. The first-order valence-corrected chi connectivity index (χ1v) is 7.45. The highest BCUT2D eigenvalue weighted by atomic mass is 16.5. The zero-order valence-electron chi connectivity index (χ0n) is 13.6. The molecule has 126 valence electrons. The Morgan fingerprint density at radius 3 is 2.38 bits per heavy atom. The van der Waals surface area contributed by atoms with E-state index >= 15 is 0 Å². The minimum absolute atomic E-state index is 0.0967. The molecule has 2 rings (SSSR count). The van der Waals surface area contributed by atoms with E-state index in [9.17, 15) is 14.4 Å². The normalized spacial score (nSPS) is 11.6. The van der Waals surface area contributed by atoms with Crippen LogP contribution >= 0.6 is 0 Å². The average Bonchev–Trinajstić information content (AvgIpc) is 2.60. The molecule has 6 heteroatoms. The van der Waals surface area contributed by atoms with Crippen LogP contribution in [0.15, 0.2) is 42.5 Å². The Bertz CT molecular complexity index is 756. The zero-order chi connectivity index (χ0) is 17.5. The molecular formula is C18H19NO5. The number of fused-ring (bicyclic) bond motifs is 1. The lowest BCUT2D eigenvalue weighted by Gasteiger charge is -2.15. The minimum Gasteiger partial charge on any atom is -0.469 e. The molecule has 0 saturated heterocycles. The Kier molecular flexibility index (Phi) is 5.89. The van der Waals surface area contributed by atoms with Crippen LogP contribution in [0.2, 0.25) is 0 Å². The summed E-state index contributed by atoms with van der Waals surface area (Å²) < 4.78 is 9.13. The number of rotatable bonds is 6. The summed E-state index contributed by atoms with van der Waals surface area (Å²) >= 11 is 0. The lowest BCUT2D eigenvalue weighted by molar-refractivity contribution is -0.150. The van der Waals surface area contributed by atoms with Gasteiger partial charge in [-0.2, -0.15) is 0 Å². The molecule has 2 aromatic carbocycles. The third-order valence-corrected chi connectivity index (χ3v) is 3.60. The highest BCUT2D eigenvalue weighted by Gasteiger charge is 2.25. The van der Waals surface area contributed by atoms with E-state index in [1.165, 1.54) is 14.2 Å². The van der Waals surface area contributed by atoms with Crippen molar-refractivity contribution in [1.82, 2.24) is 5.32 Å². The molecule has 0 saturated carbocycles. The maximum absolute atomic E-state index is 12.2. The van der Waals surface area contributed by atoms with E-state index in [4.69, 9.17) is 0 Å². The summed E-state index contributed by atoms with van der Waals surface area (Å²) in [6, 6.07) is 12.5. The van der Waals surface area contributed by atoms with Crippen LogP contribution in [0.4, 0.5) is 0 Å². The van der Waals surface area contributed by atoms with E-state index in [1.54, 1.807) is 0 Å². The van der Waals surface area contributed by atoms with Crippen LogP contribution < -0.4 is 5.32 Å². The molecule has 0 aliphatic carbocycles. The van der Waals surface area contributed by atoms with E-state index in [0.29, 0.717) is 0 Å². The van der Waals surface area contributed by atoms with Crippen LogP contribution in [0.3, 0.4) is 0 Å². The SMILES string of the molecule is COC(=O)C[C@@H](NC(=O)Cc1ccc2ccccc2c1)C(=O)OC. The van der Waals surface area contributed by atoms with Gasteiger partial charge in [0.15, 0.2) is 0 Å². The lowest BCUT2D eigenvalue weighted by atomic mass is 10.0. The van der Waals surface area contributed by atoms with Crippen molar-refractivity contribution >= 4 is 28.6 Å². The zero-order valence-corrected chi connectivity index (χ0v) is 13.6. The van der Waals surface area contributed by atoms with Crippen molar-refractivity contribution < 1.29 is 23.9 Å². The van der Waals surface area contributed by atoms with Crippen LogP contribution in [0, 0.1) is 0 Å². The Hall–Kier alpha value is -2.89. The van der Waals surface area contributed by atoms with Crippen molar-refractivity contribution in [3.63, 3.8) is 0 Å². The average molecular weight is 329 g/mol. The molecule has 6 nitrogen and oxygen atoms in total. The van der Waals surface area contributed by atoms with Gasteiger partial charge in [0.25, 0.3) is 0 Å². The molecular weight excluding hydrogens is 310 g/mol. The number of methoxy groups -OCH3 is 2. The Labute approximate surface area is 139 Å². The summed E-state index contributed by atoms with van der Waals surface area (Å²) in [5.74, 6) is -1.66. The standard InChI is InChI=1S/C18H19NO5/c1-23-17(21)11-15(18(22)24-2)19-16(20)10-12-7-8-13-5-3-4-6-14(13)9-12/h3-9,15H,10-11H2,1-2H3,(H,19,20)/t15-/m1/s1. The van der Waals surface area contributed by atoms with E-state index in [0.717, 1.165) is 16.3 Å². The van der Waals surface area contributed by atoms with Crippen LogP contribution in [0.1, 0.15) is 12.0 Å². The highest BCUT2D eigenvalue weighted by Crippen LogP contribution is 2.16. The molecule has 0 radical (unpaired) electrons. The first-order valence-electron chi connectivity index (χ1n) is 7.45. The summed E-state index contributed by atoms with van der Waals surface area (Å²) in [5, 5.41) is 4.63. The predicted molar refractivity (Wildman–Crippen MR) is 88.2 cm³/mol. The fourth-order valence-corrected chi connectivity index (χ4v) is 2.37. The van der Waals surface area contributed by atoms with Crippen LogP contribution in [0.25, 0.3) is 10.8 Å². The minimum atomic E-state index is -1.06. The van der Waals surface area contributed by atoms with E-state index in [1.807, 2.05) is 42.5 Å². The second kappa shape index (κ2) is 8.10. The Morgan fingerprint density at radius 2 is 1.71 bits per heavy atom. The van der Waals surface area contributed by atoms with Crippen molar-refractivity contribution in [2.45, 2.75) is 18.9 Å². The van der Waals surface area contributed by atoms with E-state index < -0.39 is 18.0 Å². The van der Waals surface area contributed by atoms with Gasteiger partial charge in [0.2, 0.25) is 5.91 Å². The monoisotopic (exact) mass is 329 g/mol. The summed E-state index contributed by atoms with van der Waals surface area (Å²) in [7, 11) is 2.41. The van der Waals surface area contributed by atoms with Crippen molar-refractivity contribution in [3.05, 3.63) is 48.0 Å². The Balaban J connectivity index is 2.05. The summed E-state index contributed by atoms with van der Waals surface area (Å²) in [6.45, 7) is 0. The third kappa shape index (κ3) is 4.55. The smallest absolute Gasteiger partial charge is 0.328 e. The van der Waals surface area contributed by atoms with Gasteiger partial charge in [0.1, 0.15) is 6.04 Å². The van der Waals surface area contributed by atoms with E-state index in [2.05, 4.69) is 14.8 Å². The lowest BCUT2D eigenvalue weighted by Crippen LogP contribution is -2.43. The maximum Gasteiger partial charge on any atom is 0.328 e. The van der Waals surface area contributed by atoms with Gasteiger partial charge in [0, 0.05) is 0 Å². The van der Waals surface area contributed by atoms with Gasteiger partial charge in [-0.1, -0.05) is 42.5 Å². The molecule has 0 unspecified atom stereocenters. The molecule has 1 amide bonds. The number of benzene rings is 2. The number of ether oxygens (including phenoxy) is 2.